The number of carbonyl (C=O) groups excluding carboxylic acids is 1. The van der Waals surface area contributed by atoms with Crippen molar-refractivity contribution in [2.75, 3.05) is 11.9 Å². The molecule has 0 aromatic heterocycles. The van der Waals surface area contributed by atoms with Gasteiger partial charge in [-0.15, -0.1) is 0 Å². The van der Waals surface area contributed by atoms with Crippen molar-refractivity contribution in [2.45, 2.75) is 43.0 Å². The van der Waals surface area contributed by atoms with Gasteiger partial charge in [-0.05, 0) is 43.2 Å². The molecular weight excluding hydrogens is 403 g/mol. The molecule has 1 aliphatic rings. The van der Waals surface area contributed by atoms with Crippen LogP contribution < -0.4 is 5.32 Å². The van der Waals surface area contributed by atoms with Crippen LogP contribution in [-0.2, 0) is 14.8 Å². The van der Waals surface area contributed by atoms with Crippen molar-refractivity contribution in [1.29, 1.82) is 0 Å². The fourth-order valence-corrected chi connectivity index (χ4v) is 5.27. The number of rotatable bonds is 6. The number of benzene rings is 2. The molecule has 0 bridgehead atoms. The van der Waals surface area contributed by atoms with Gasteiger partial charge in [-0.25, -0.2) is 12.8 Å². The number of nitrogens with one attached hydrogen (secondary N) is 1. The Morgan fingerprint density at radius 2 is 1.79 bits per heavy atom. The molecule has 150 valence electrons. The van der Waals surface area contributed by atoms with Gasteiger partial charge in [-0.3, -0.25) is 4.79 Å². The summed E-state index contributed by atoms with van der Waals surface area (Å²) in [6, 6.07) is 11.7. The predicted octanol–water partition coefficient (Wildman–Crippen LogP) is 4.44. The maximum absolute atomic E-state index is 13.3. The van der Waals surface area contributed by atoms with Gasteiger partial charge in [0.1, 0.15) is 5.82 Å². The predicted molar refractivity (Wildman–Crippen MR) is 107 cm³/mol. The highest BCUT2D eigenvalue weighted by Gasteiger charge is 2.33. The molecule has 28 heavy (non-hydrogen) atoms. The van der Waals surface area contributed by atoms with E-state index in [9.17, 15) is 17.6 Å². The minimum atomic E-state index is -3.82. The lowest BCUT2D eigenvalue weighted by Crippen LogP contribution is -2.45. The minimum Gasteiger partial charge on any atom is -0.325 e. The number of halogens is 2. The topological polar surface area (TPSA) is 66.5 Å². The van der Waals surface area contributed by atoms with E-state index in [1.165, 1.54) is 28.6 Å². The van der Waals surface area contributed by atoms with Crippen molar-refractivity contribution in [2.24, 2.45) is 0 Å². The van der Waals surface area contributed by atoms with Crippen molar-refractivity contribution in [3.63, 3.8) is 0 Å². The number of nitrogens with zero attached hydrogens (tertiary/aromatic N) is 1. The monoisotopic (exact) mass is 424 g/mol. The van der Waals surface area contributed by atoms with E-state index in [4.69, 9.17) is 11.6 Å². The van der Waals surface area contributed by atoms with E-state index in [0.29, 0.717) is 5.69 Å². The van der Waals surface area contributed by atoms with Crippen LogP contribution in [0.1, 0.15) is 32.1 Å². The fourth-order valence-electron chi connectivity index (χ4n) is 3.42. The van der Waals surface area contributed by atoms with Gasteiger partial charge in [-0.2, -0.15) is 4.31 Å². The molecule has 1 amide bonds. The second-order valence-corrected chi connectivity index (χ2v) is 9.13. The van der Waals surface area contributed by atoms with Crippen LogP contribution in [0.5, 0.6) is 0 Å². The highest BCUT2D eigenvalue weighted by molar-refractivity contribution is 7.89. The highest BCUT2D eigenvalue weighted by Crippen LogP contribution is 2.28. The Labute approximate surface area is 169 Å². The standard InChI is InChI=1S/C20H22ClFN2O3S/c21-18-13-15(11-12-19(18)22)23-20(25)14-24(16-7-3-1-4-8-16)28(26,27)17-9-5-2-6-10-17/h2,5-6,9-13,16H,1,3-4,7-8,14H2,(H,23,25). The lowest BCUT2D eigenvalue weighted by Gasteiger charge is -2.33. The van der Waals surface area contributed by atoms with Crippen LogP contribution in [0.25, 0.3) is 0 Å². The highest BCUT2D eigenvalue weighted by atomic mass is 35.5. The van der Waals surface area contributed by atoms with Gasteiger partial charge in [0.15, 0.2) is 0 Å². The molecule has 1 aliphatic carbocycles. The van der Waals surface area contributed by atoms with Crippen LogP contribution in [-0.4, -0.2) is 31.2 Å². The third-order valence-corrected chi connectivity index (χ3v) is 7.04. The van der Waals surface area contributed by atoms with Crippen molar-refractivity contribution in [3.8, 4) is 0 Å². The third-order valence-electron chi connectivity index (χ3n) is 4.83. The van der Waals surface area contributed by atoms with E-state index < -0.39 is 21.7 Å². The minimum absolute atomic E-state index is 0.112. The lowest BCUT2D eigenvalue weighted by molar-refractivity contribution is -0.116. The quantitative estimate of drug-likeness (QED) is 0.745. The van der Waals surface area contributed by atoms with E-state index in [1.807, 2.05) is 0 Å². The first-order chi connectivity index (χ1) is 13.4. The van der Waals surface area contributed by atoms with Crippen molar-refractivity contribution < 1.29 is 17.6 Å². The van der Waals surface area contributed by atoms with Gasteiger partial charge < -0.3 is 5.32 Å². The van der Waals surface area contributed by atoms with E-state index in [-0.39, 0.29) is 22.5 Å². The summed E-state index contributed by atoms with van der Waals surface area (Å²) >= 11 is 5.74. The number of sulfonamides is 1. The first-order valence-electron chi connectivity index (χ1n) is 9.20. The fraction of sp³-hybridized carbons (Fsp3) is 0.350. The summed E-state index contributed by atoms with van der Waals surface area (Å²) in [5.41, 5.74) is 0.317. The Kier molecular flexibility index (Phi) is 6.69. The van der Waals surface area contributed by atoms with E-state index in [0.717, 1.165) is 38.2 Å². The molecule has 0 radical (unpaired) electrons. The van der Waals surface area contributed by atoms with Gasteiger partial charge in [0.25, 0.3) is 0 Å². The molecule has 1 saturated carbocycles. The van der Waals surface area contributed by atoms with Gasteiger partial charge in [0.2, 0.25) is 15.9 Å². The normalized spacial score (nSPS) is 15.5. The van der Waals surface area contributed by atoms with Crippen LogP contribution in [0.2, 0.25) is 5.02 Å². The molecule has 0 unspecified atom stereocenters. The zero-order valence-electron chi connectivity index (χ0n) is 15.3. The van der Waals surface area contributed by atoms with Gasteiger partial charge in [-0.1, -0.05) is 49.1 Å². The van der Waals surface area contributed by atoms with Crippen molar-refractivity contribution in [1.82, 2.24) is 4.31 Å². The molecule has 8 heteroatoms. The summed E-state index contributed by atoms with van der Waals surface area (Å²) in [5, 5.41) is 2.49. The Balaban J connectivity index is 1.82. The van der Waals surface area contributed by atoms with E-state index in [2.05, 4.69) is 5.32 Å². The number of carbonyl (C=O) groups is 1. The molecule has 5 nitrogen and oxygen atoms in total. The second kappa shape index (κ2) is 9.03. The average molecular weight is 425 g/mol. The first kappa shape index (κ1) is 20.8. The third kappa shape index (κ3) is 4.90. The summed E-state index contributed by atoms with van der Waals surface area (Å²) in [4.78, 5) is 12.8. The summed E-state index contributed by atoms with van der Waals surface area (Å²) in [6.07, 6.45) is 4.38. The summed E-state index contributed by atoms with van der Waals surface area (Å²) in [7, 11) is -3.82. The second-order valence-electron chi connectivity index (χ2n) is 6.83. The van der Waals surface area contributed by atoms with E-state index >= 15 is 0 Å². The smallest absolute Gasteiger partial charge is 0.243 e. The SMILES string of the molecule is O=C(CN(C1CCCCC1)S(=O)(=O)c1ccccc1)Nc1ccc(F)c(Cl)c1. The van der Waals surface area contributed by atoms with Gasteiger partial charge in [0, 0.05) is 11.7 Å². The van der Waals surface area contributed by atoms with Crippen LogP contribution in [0, 0.1) is 5.82 Å². The van der Waals surface area contributed by atoms with Crippen LogP contribution in [0.4, 0.5) is 10.1 Å². The molecule has 0 atom stereocenters. The Morgan fingerprint density at radius 3 is 2.43 bits per heavy atom. The summed E-state index contributed by atoms with van der Waals surface area (Å²) < 4.78 is 41.0. The van der Waals surface area contributed by atoms with Gasteiger partial charge in [0.05, 0.1) is 16.5 Å². The molecule has 0 aliphatic heterocycles. The molecule has 0 heterocycles. The Bertz CT molecular complexity index is 932. The molecule has 2 aromatic rings. The first-order valence-corrected chi connectivity index (χ1v) is 11.0. The molecular formula is C20H22ClFN2O3S. The van der Waals surface area contributed by atoms with Crippen LogP contribution in [0.15, 0.2) is 53.4 Å². The number of hydrogen-bond acceptors (Lipinski definition) is 3. The maximum atomic E-state index is 13.3. The molecule has 1 N–H and O–H groups in total. The molecule has 0 spiro atoms. The number of anilines is 1. The summed E-state index contributed by atoms with van der Waals surface area (Å²) in [6.45, 7) is -0.309. The molecule has 0 saturated heterocycles. The van der Waals surface area contributed by atoms with Crippen LogP contribution in [0.3, 0.4) is 0 Å². The van der Waals surface area contributed by atoms with Crippen LogP contribution >= 0.6 is 11.6 Å². The molecule has 2 aromatic carbocycles. The Morgan fingerprint density at radius 1 is 1.11 bits per heavy atom. The largest absolute Gasteiger partial charge is 0.325 e. The maximum Gasteiger partial charge on any atom is 0.243 e. The van der Waals surface area contributed by atoms with E-state index in [1.54, 1.807) is 18.2 Å². The number of hydrogen-bond donors (Lipinski definition) is 1. The van der Waals surface area contributed by atoms with Crippen molar-refractivity contribution >= 4 is 33.2 Å². The Hall–Kier alpha value is -1.96. The average Bonchev–Trinajstić information content (AvgIpc) is 2.70. The van der Waals surface area contributed by atoms with Gasteiger partial charge >= 0.3 is 0 Å². The van der Waals surface area contributed by atoms with Crippen molar-refractivity contribution in [3.05, 3.63) is 59.4 Å². The zero-order valence-corrected chi connectivity index (χ0v) is 16.8. The number of amides is 1. The molecule has 3 rings (SSSR count). The zero-order chi connectivity index (χ0) is 20.1. The lowest BCUT2D eigenvalue weighted by atomic mass is 9.95. The summed E-state index contributed by atoms with van der Waals surface area (Å²) in [5.74, 6) is -1.08. The molecule has 1 fully saturated rings.